The number of hydrogen-bond acceptors (Lipinski definition) is 2. The number of rotatable bonds is 4. The molecule has 3 N–H and O–H groups in total. The Morgan fingerprint density at radius 3 is 2.50 bits per heavy atom. The molecule has 0 aromatic heterocycles. The Morgan fingerprint density at radius 1 is 1.43 bits per heavy atom. The highest BCUT2D eigenvalue weighted by Gasteiger charge is 2.34. The van der Waals surface area contributed by atoms with Gasteiger partial charge in [0.2, 0.25) is 5.92 Å². The minimum atomic E-state index is -2.41. The summed E-state index contributed by atoms with van der Waals surface area (Å²) in [6, 6.07) is 0.289. The standard InChI is InChI=1S/C10H20F2N2/c1-8(6-13)14-7-9-2-4-10(11,12)5-3-9/h8-9,14H,2-7,13H2,1H3/t8-/m1/s1. The van der Waals surface area contributed by atoms with Crippen LogP contribution < -0.4 is 11.1 Å². The van der Waals surface area contributed by atoms with E-state index in [-0.39, 0.29) is 18.9 Å². The van der Waals surface area contributed by atoms with Crippen LogP contribution in [0.15, 0.2) is 0 Å². The summed E-state index contributed by atoms with van der Waals surface area (Å²) in [6.45, 7) is 3.44. The van der Waals surface area contributed by atoms with Gasteiger partial charge in [0.1, 0.15) is 0 Å². The van der Waals surface area contributed by atoms with Gasteiger partial charge < -0.3 is 11.1 Å². The topological polar surface area (TPSA) is 38.0 Å². The van der Waals surface area contributed by atoms with Gasteiger partial charge >= 0.3 is 0 Å². The van der Waals surface area contributed by atoms with E-state index < -0.39 is 5.92 Å². The highest BCUT2D eigenvalue weighted by atomic mass is 19.3. The van der Waals surface area contributed by atoms with Gasteiger partial charge in [0.15, 0.2) is 0 Å². The van der Waals surface area contributed by atoms with Crippen molar-refractivity contribution in [2.24, 2.45) is 11.7 Å². The molecular weight excluding hydrogens is 186 g/mol. The summed E-state index contributed by atoms with van der Waals surface area (Å²) in [5.74, 6) is -2.00. The second-order valence-electron chi connectivity index (χ2n) is 4.34. The van der Waals surface area contributed by atoms with Crippen molar-refractivity contribution in [3.63, 3.8) is 0 Å². The molecule has 14 heavy (non-hydrogen) atoms. The molecule has 4 heteroatoms. The minimum Gasteiger partial charge on any atom is -0.329 e. The zero-order valence-electron chi connectivity index (χ0n) is 8.73. The normalized spacial score (nSPS) is 24.9. The first-order chi connectivity index (χ1) is 6.53. The van der Waals surface area contributed by atoms with Crippen LogP contribution in [-0.2, 0) is 0 Å². The highest BCUT2D eigenvalue weighted by Crippen LogP contribution is 2.35. The molecule has 0 radical (unpaired) electrons. The van der Waals surface area contributed by atoms with Crippen LogP contribution in [0.3, 0.4) is 0 Å². The predicted molar refractivity (Wildman–Crippen MR) is 53.4 cm³/mol. The van der Waals surface area contributed by atoms with Crippen LogP contribution in [0.2, 0.25) is 0 Å². The summed E-state index contributed by atoms with van der Waals surface area (Å²) in [6.07, 6.45) is 1.38. The van der Waals surface area contributed by atoms with Crippen molar-refractivity contribution in [1.82, 2.24) is 5.32 Å². The first-order valence-corrected chi connectivity index (χ1v) is 5.35. The molecule has 84 valence electrons. The SMILES string of the molecule is C[C@H](CN)NCC1CCC(F)(F)CC1. The van der Waals surface area contributed by atoms with E-state index in [1.165, 1.54) is 0 Å². The van der Waals surface area contributed by atoms with Crippen LogP contribution in [-0.4, -0.2) is 25.1 Å². The van der Waals surface area contributed by atoms with E-state index in [1.54, 1.807) is 0 Å². The second kappa shape index (κ2) is 5.03. The van der Waals surface area contributed by atoms with Crippen LogP contribution in [0.1, 0.15) is 32.6 Å². The predicted octanol–water partition coefficient (Wildman–Crippen LogP) is 1.75. The van der Waals surface area contributed by atoms with Crippen LogP contribution in [0.4, 0.5) is 8.78 Å². The summed E-state index contributed by atoms with van der Waals surface area (Å²) in [7, 11) is 0. The summed E-state index contributed by atoms with van der Waals surface area (Å²) in [5, 5.41) is 3.26. The molecule has 0 saturated heterocycles. The van der Waals surface area contributed by atoms with Crippen molar-refractivity contribution in [1.29, 1.82) is 0 Å². The smallest absolute Gasteiger partial charge is 0.248 e. The maximum Gasteiger partial charge on any atom is 0.248 e. The average molecular weight is 206 g/mol. The van der Waals surface area contributed by atoms with Gasteiger partial charge in [-0.25, -0.2) is 8.78 Å². The summed E-state index contributed by atoms with van der Waals surface area (Å²) in [4.78, 5) is 0. The molecule has 0 aromatic carbocycles. The first kappa shape index (κ1) is 11.9. The number of alkyl halides is 2. The van der Waals surface area contributed by atoms with E-state index in [2.05, 4.69) is 5.32 Å². The molecule has 1 atom stereocenters. The average Bonchev–Trinajstić information content (AvgIpc) is 2.16. The molecular formula is C10H20F2N2. The van der Waals surface area contributed by atoms with Crippen molar-refractivity contribution in [3.05, 3.63) is 0 Å². The lowest BCUT2D eigenvalue weighted by molar-refractivity contribution is -0.0456. The Morgan fingerprint density at radius 2 is 2.00 bits per heavy atom. The minimum absolute atomic E-state index is 0.0519. The van der Waals surface area contributed by atoms with Gasteiger partial charge in [-0.2, -0.15) is 0 Å². The zero-order valence-corrected chi connectivity index (χ0v) is 8.73. The molecule has 0 heterocycles. The Balaban J connectivity index is 2.16. The monoisotopic (exact) mass is 206 g/mol. The van der Waals surface area contributed by atoms with E-state index in [1.807, 2.05) is 6.92 Å². The van der Waals surface area contributed by atoms with E-state index in [0.29, 0.717) is 25.3 Å². The largest absolute Gasteiger partial charge is 0.329 e. The summed E-state index contributed by atoms with van der Waals surface area (Å²) >= 11 is 0. The van der Waals surface area contributed by atoms with Crippen LogP contribution in [0.5, 0.6) is 0 Å². The lowest BCUT2D eigenvalue weighted by atomic mass is 9.86. The fourth-order valence-electron chi connectivity index (χ4n) is 1.76. The van der Waals surface area contributed by atoms with Crippen LogP contribution in [0.25, 0.3) is 0 Å². The van der Waals surface area contributed by atoms with Crippen molar-refractivity contribution in [2.75, 3.05) is 13.1 Å². The van der Waals surface area contributed by atoms with Gasteiger partial charge in [-0.3, -0.25) is 0 Å². The van der Waals surface area contributed by atoms with Crippen molar-refractivity contribution >= 4 is 0 Å². The lowest BCUT2D eigenvalue weighted by Gasteiger charge is -2.29. The number of halogens is 2. The van der Waals surface area contributed by atoms with Gasteiger partial charge in [-0.15, -0.1) is 0 Å². The van der Waals surface area contributed by atoms with E-state index in [4.69, 9.17) is 5.73 Å². The molecule has 0 spiro atoms. The third-order valence-corrected chi connectivity index (χ3v) is 2.95. The fourth-order valence-corrected chi connectivity index (χ4v) is 1.76. The molecule has 1 aliphatic rings. The number of nitrogens with one attached hydrogen (secondary N) is 1. The van der Waals surface area contributed by atoms with Gasteiger partial charge in [-0.1, -0.05) is 0 Å². The molecule has 1 rings (SSSR count). The van der Waals surface area contributed by atoms with E-state index in [0.717, 1.165) is 6.54 Å². The maximum absolute atomic E-state index is 12.8. The van der Waals surface area contributed by atoms with E-state index >= 15 is 0 Å². The quantitative estimate of drug-likeness (QED) is 0.735. The number of nitrogens with two attached hydrogens (primary N) is 1. The third kappa shape index (κ3) is 3.88. The zero-order chi connectivity index (χ0) is 10.6. The number of hydrogen-bond donors (Lipinski definition) is 2. The van der Waals surface area contributed by atoms with Crippen molar-refractivity contribution in [2.45, 2.75) is 44.6 Å². The van der Waals surface area contributed by atoms with Crippen LogP contribution >= 0.6 is 0 Å². The second-order valence-corrected chi connectivity index (χ2v) is 4.34. The van der Waals surface area contributed by atoms with Crippen LogP contribution in [0, 0.1) is 5.92 Å². The van der Waals surface area contributed by atoms with Crippen molar-refractivity contribution < 1.29 is 8.78 Å². The Hall–Kier alpha value is -0.220. The van der Waals surface area contributed by atoms with Gasteiger partial charge in [0.05, 0.1) is 0 Å². The highest BCUT2D eigenvalue weighted by molar-refractivity contribution is 4.79. The maximum atomic E-state index is 12.8. The lowest BCUT2D eigenvalue weighted by Crippen LogP contribution is -2.38. The Kier molecular flexibility index (Phi) is 4.26. The Labute approximate surface area is 84.2 Å². The van der Waals surface area contributed by atoms with Gasteiger partial charge in [0, 0.05) is 25.4 Å². The molecule has 1 aliphatic carbocycles. The molecule has 0 aliphatic heterocycles. The van der Waals surface area contributed by atoms with Gasteiger partial charge in [-0.05, 0) is 32.2 Å². The molecule has 0 amide bonds. The Bertz CT molecular complexity index is 164. The third-order valence-electron chi connectivity index (χ3n) is 2.95. The van der Waals surface area contributed by atoms with E-state index in [9.17, 15) is 8.78 Å². The fraction of sp³-hybridized carbons (Fsp3) is 1.00. The summed E-state index contributed by atoms with van der Waals surface area (Å²) < 4.78 is 25.6. The van der Waals surface area contributed by atoms with Crippen molar-refractivity contribution in [3.8, 4) is 0 Å². The molecule has 1 saturated carbocycles. The molecule has 0 unspecified atom stereocenters. The van der Waals surface area contributed by atoms with Gasteiger partial charge in [0.25, 0.3) is 0 Å². The molecule has 0 bridgehead atoms. The molecule has 1 fully saturated rings. The molecule has 0 aromatic rings. The summed E-state index contributed by atoms with van der Waals surface area (Å²) in [5.41, 5.74) is 5.45. The first-order valence-electron chi connectivity index (χ1n) is 5.35. The molecule has 2 nitrogen and oxygen atoms in total.